The Morgan fingerprint density at radius 1 is 1.47 bits per heavy atom. The van der Waals surface area contributed by atoms with E-state index in [1.54, 1.807) is 11.9 Å². The summed E-state index contributed by atoms with van der Waals surface area (Å²) in [6.45, 7) is 11.0. The zero-order valence-corrected chi connectivity index (χ0v) is 13.0. The second-order valence-electron chi connectivity index (χ2n) is 6.98. The Morgan fingerprint density at radius 2 is 2.05 bits per heavy atom. The third-order valence-corrected chi connectivity index (χ3v) is 3.76. The standard InChI is InChI=1S/C14H28N2O3/c1-13(2,3)19-12(18)16(6)8-7-15-10-9-11(17)14(10,4)5/h10-11,15,17H,7-9H2,1-6H3. The zero-order chi connectivity index (χ0) is 14.8. The normalized spacial score (nSPS) is 25.6. The zero-order valence-electron chi connectivity index (χ0n) is 13.0. The molecule has 19 heavy (non-hydrogen) atoms. The van der Waals surface area contributed by atoms with Crippen molar-refractivity contribution >= 4 is 6.09 Å². The first kappa shape index (κ1) is 16.2. The summed E-state index contributed by atoms with van der Waals surface area (Å²) in [6, 6.07) is 0.314. The molecule has 0 aromatic heterocycles. The van der Waals surface area contributed by atoms with Crippen molar-refractivity contribution in [3.63, 3.8) is 0 Å². The molecule has 0 heterocycles. The topological polar surface area (TPSA) is 61.8 Å². The number of carbonyl (C=O) groups is 1. The number of nitrogens with one attached hydrogen (secondary N) is 1. The second kappa shape index (κ2) is 5.67. The summed E-state index contributed by atoms with van der Waals surface area (Å²) >= 11 is 0. The molecule has 112 valence electrons. The molecule has 0 aromatic rings. The van der Waals surface area contributed by atoms with Crippen LogP contribution in [0.3, 0.4) is 0 Å². The van der Waals surface area contributed by atoms with Crippen LogP contribution in [0.2, 0.25) is 0 Å². The number of aliphatic hydroxyl groups excluding tert-OH is 1. The van der Waals surface area contributed by atoms with E-state index in [4.69, 9.17) is 4.74 Å². The molecule has 2 atom stereocenters. The molecule has 1 fully saturated rings. The van der Waals surface area contributed by atoms with Crippen molar-refractivity contribution in [3.8, 4) is 0 Å². The van der Waals surface area contributed by atoms with Gasteiger partial charge in [-0.15, -0.1) is 0 Å². The van der Waals surface area contributed by atoms with Gasteiger partial charge in [0.15, 0.2) is 0 Å². The van der Waals surface area contributed by atoms with Crippen molar-refractivity contribution in [3.05, 3.63) is 0 Å². The average Bonchev–Trinajstić information content (AvgIpc) is 2.25. The Hall–Kier alpha value is -0.810. The summed E-state index contributed by atoms with van der Waals surface area (Å²) in [5.74, 6) is 0. The first-order valence-electron chi connectivity index (χ1n) is 6.89. The maximum atomic E-state index is 11.7. The van der Waals surface area contributed by atoms with Crippen LogP contribution in [0.15, 0.2) is 0 Å². The van der Waals surface area contributed by atoms with Crippen molar-refractivity contribution in [2.24, 2.45) is 5.41 Å². The van der Waals surface area contributed by atoms with Crippen molar-refractivity contribution in [2.45, 2.75) is 58.8 Å². The highest BCUT2D eigenvalue weighted by atomic mass is 16.6. The SMILES string of the molecule is CN(CCNC1CC(O)C1(C)C)C(=O)OC(C)(C)C. The van der Waals surface area contributed by atoms with Gasteiger partial charge in [-0.25, -0.2) is 4.79 Å². The third-order valence-electron chi connectivity index (χ3n) is 3.76. The van der Waals surface area contributed by atoms with Gasteiger partial charge in [0, 0.05) is 31.6 Å². The van der Waals surface area contributed by atoms with Gasteiger partial charge in [-0.1, -0.05) is 13.8 Å². The molecule has 0 radical (unpaired) electrons. The predicted octanol–water partition coefficient (Wildman–Crippen LogP) is 1.60. The van der Waals surface area contributed by atoms with Gasteiger partial charge in [-0.3, -0.25) is 0 Å². The molecule has 0 saturated heterocycles. The van der Waals surface area contributed by atoms with Crippen LogP contribution in [0.1, 0.15) is 41.0 Å². The fraction of sp³-hybridized carbons (Fsp3) is 0.929. The molecule has 5 heteroatoms. The van der Waals surface area contributed by atoms with Crippen LogP contribution >= 0.6 is 0 Å². The van der Waals surface area contributed by atoms with Crippen LogP contribution in [0.5, 0.6) is 0 Å². The van der Waals surface area contributed by atoms with E-state index in [0.29, 0.717) is 19.1 Å². The molecule has 1 rings (SSSR count). The monoisotopic (exact) mass is 272 g/mol. The van der Waals surface area contributed by atoms with E-state index < -0.39 is 5.60 Å². The first-order chi connectivity index (χ1) is 8.54. The van der Waals surface area contributed by atoms with Crippen molar-refractivity contribution in [1.29, 1.82) is 0 Å². The molecule has 0 aromatic carbocycles. The minimum atomic E-state index is -0.459. The summed E-state index contributed by atoms with van der Waals surface area (Å²) in [6.07, 6.45) is 0.249. The predicted molar refractivity (Wildman–Crippen MR) is 75.1 cm³/mol. The molecule has 1 saturated carbocycles. The van der Waals surface area contributed by atoms with Gasteiger partial charge in [-0.2, -0.15) is 0 Å². The lowest BCUT2D eigenvalue weighted by Gasteiger charge is -2.49. The van der Waals surface area contributed by atoms with Crippen LogP contribution in [0, 0.1) is 5.41 Å². The molecular weight excluding hydrogens is 244 g/mol. The van der Waals surface area contributed by atoms with Crippen molar-refractivity contribution in [1.82, 2.24) is 10.2 Å². The Kier molecular flexibility index (Phi) is 4.85. The third kappa shape index (κ3) is 4.35. The molecule has 1 amide bonds. The van der Waals surface area contributed by atoms with Crippen LogP contribution in [0.25, 0.3) is 0 Å². The number of likely N-dealkylation sites (N-methyl/N-ethyl adjacent to an activating group) is 1. The van der Waals surface area contributed by atoms with E-state index in [9.17, 15) is 9.90 Å². The Balaban J connectivity index is 2.25. The van der Waals surface area contributed by atoms with E-state index >= 15 is 0 Å². The number of hydrogen-bond donors (Lipinski definition) is 2. The number of ether oxygens (including phenoxy) is 1. The van der Waals surface area contributed by atoms with E-state index in [2.05, 4.69) is 19.2 Å². The largest absolute Gasteiger partial charge is 0.444 e. The summed E-state index contributed by atoms with van der Waals surface area (Å²) in [5.41, 5.74) is -0.538. The Morgan fingerprint density at radius 3 is 2.47 bits per heavy atom. The smallest absolute Gasteiger partial charge is 0.410 e. The quantitative estimate of drug-likeness (QED) is 0.816. The number of aliphatic hydroxyl groups is 1. The fourth-order valence-electron chi connectivity index (χ4n) is 2.09. The lowest BCUT2D eigenvalue weighted by atomic mass is 9.64. The Bertz CT molecular complexity index is 323. The average molecular weight is 272 g/mol. The van der Waals surface area contributed by atoms with E-state index in [0.717, 1.165) is 6.42 Å². The number of rotatable bonds is 4. The summed E-state index contributed by atoms with van der Waals surface area (Å²) in [7, 11) is 1.73. The van der Waals surface area contributed by atoms with Gasteiger partial charge in [0.1, 0.15) is 5.60 Å². The van der Waals surface area contributed by atoms with Gasteiger partial charge in [0.25, 0.3) is 0 Å². The molecule has 1 aliphatic carbocycles. The van der Waals surface area contributed by atoms with Crippen LogP contribution in [0.4, 0.5) is 4.79 Å². The van der Waals surface area contributed by atoms with Gasteiger partial charge in [0.05, 0.1) is 6.10 Å². The van der Waals surface area contributed by atoms with Gasteiger partial charge >= 0.3 is 6.09 Å². The minimum Gasteiger partial charge on any atom is -0.444 e. The van der Waals surface area contributed by atoms with Crippen LogP contribution in [-0.4, -0.2) is 54.0 Å². The minimum absolute atomic E-state index is 0.0789. The van der Waals surface area contributed by atoms with Crippen LogP contribution in [-0.2, 0) is 4.74 Å². The van der Waals surface area contributed by atoms with Gasteiger partial charge in [0.2, 0.25) is 0 Å². The fourth-order valence-corrected chi connectivity index (χ4v) is 2.09. The number of hydrogen-bond acceptors (Lipinski definition) is 4. The summed E-state index contributed by atoms with van der Waals surface area (Å²) < 4.78 is 5.27. The Labute approximate surface area is 116 Å². The van der Waals surface area contributed by atoms with E-state index in [1.807, 2.05) is 20.8 Å². The van der Waals surface area contributed by atoms with Crippen molar-refractivity contribution in [2.75, 3.05) is 20.1 Å². The lowest BCUT2D eigenvalue weighted by Crippen LogP contribution is -2.60. The molecule has 1 aliphatic rings. The highest BCUT2D eigenvalue weighted by molar-refractivity contribution is 5.67. The summed E-state index contributed by atoms with van der Waals surface area (Å²) in [4.78, 5) is 13.3. The van der Waals surface area contributed by atoms with Gasteiger partial charge in [-0.05, 0) is 27.2 Å². The van der Waals surface area contributed by atoms with Crippen LogP contribution < -0.4 is 5.32 Å². The molecule has 0 aliphatic heterocycles. The lowest BCUT2D eigenvalue weighted by molar-refractivity contribution is -0.0725. The molecule has 2 N–H and O–H groups in total. The molecule has 5 nitrogen and oxygen atoms in total. The van der Waals surface area contributed by atoms with Crippen molar-refractivity contribution < 1.29 is 14.6 Å². The number of amides is 1. The maximum Gasteiger partial charge on any atom is 0.410 e. The highest BCUT2D eigenvalue weighted by Gasteiger charge is 2.46. The maximum absolute atomic E-state index is 11.7. The molecule has 0 spiro atoms. The highest BCUT2D eigenvalue weighted by Crippen LogP contribution is 2.40. The molecular formula is C14H28N2O3. The number of carbonyl (C=O) groups excluding carboxylic acids is 1. The first-order valence-corrected chi connectivity index (χ1v) is 6.89. The van der Waals surface area contributed by atoms with Gasteiger partial charge < -0.3 is 20.1 Å². The molecule has 0 bridgehead atoms. The van der Waals surface area contributed by atoms with E-state index in [-0.39, 0.29) is 17.6 Å². The summed E-state index contributed by atoms with van der Waals surface area (Å²) in [5, 5.41) is 13.0. The van der Waals surface area contributed by atoms with E-state index in [1.165, 1.54) is 0 Å². The number of nitrogens with zero attached hydrogens (tertiary/aromatic N) is 1. The molecule has 2 unspecified atom stereocenters. The second-order valence-corrected chi connectivity index (χ2v) is 6.98.